The van der Waals surface area contributed by atoms with Crippen molar-refractivity contribution in [3.05, 3.63) is 143 Å². The predicted octanol–water partition coefficient (Wildman–Crippen LogP) is 10.8. The van der Waals surface area contributed by atoms with Gasteiger partial charge < -0.3 is 37.8 Å². The fourth-order valence-electron chi connectivity index (χ4n) is 9.12. The summed E-state index contributed by atoms with van der Waals surface area (Å²) in [6.45, 7) is 7.50. The first-order valence-corrected chi connectivity index (χ1v) is 23.8. The van der Waals surface area contributed by atoms with E-state index >= 15 is 0 Å². The second kappa shape index (κ2) is 24.2. The van der Waals surface area contributed by atoms with Crippen LogP contribution >= 0.6 is 0 Å². The van der Waals surface area contributed by atoms with Gasteiger partial charge in [-0.1, -0.05) is 67.1 Å². The van der Waals surface area contributed by atoms with Crippen LogP contribution in [-0.4, -0.2) is 78.0 Å². The minimum absolute atomic E-state index is 0.0468. The average molecular weight is 926 g/mol. The summed E-state index contributed by atoms with van der Waals surface area (Å²) in [6, 6.07) is 35.9. The molecular formula is C55H63N3O10. The number of methoxy groups -OCH3 is 1. The fraction of sp³-hybridized carbons (Fsp3) is 0.400. The molecule has 0 unspecified atom stereocenters. The van der Waals surface area contributed by atoms with E-state index in [2.05, 4.69) is 22.1 Å². The third-order valence-electron chi connectivity index (χ3n) is 12.9. The first-order valence-electron chi connectivity index (χ1n) is 23.8. The number of carboxylic acids is 1. The topological polar surface area (TPSA) is 164 Å². The number of aryl methyl sites for hydroxylation is 4. The number of hydrogen-bond donors (Lipinski definition) is 1. The van der Waals surface area contributed by atoms with Crippen LogP contribution in [-0.2, 0) is 44.7 Å². The Bertz CT molecular complexity index is 2520. The number of likely N-dealkylation sites (tertiary alicyclic amines) is 1. The first-order chi connectivity index (χ1) is 33.1. The van der Waals surface area contributed by atoms with Gasteiger partial charge in [-0.05, 0) is 131 Å². The maximum Gasteiger partial charge on any atom is 0.409 e. The minimum atomic E-state index is -0.867. The van der Waals surface area contributed by atoms with Crippen LogP contribution < -0.4 is 9.47 Å². The molecule has 4 aromatic carbocycles. The lowest BCUT2D eigenvalue weighted by Gasteiger charge is -2.17. The van der Waals surface area contributed by atoms with Gasteiger partial charge in [0.25, 0.3) is 0 Å². The third kappa shape index (κ3) is 13.4. The number of hydrogen-bond acceptors (Lipinski definition) is 11. The number of amides is 1. The zero-order chi connectivity index (χ0) is 47.8. The van der Waals surface area contributed by atoms with Crippen molar-refractivity contribution < 1.29 is 47.3 Å². The Kier molecular flexibility index (Phi) is 17.5. The molecule has 1 saturated heterocycles. The number of esters is 1. The molecule has 0 spiro atoms. The van der Waals surface area contributed by atoms with Crippen LogP contribution in [0.2, 0.25) is 0 Å². The van der Waals surface area contributed by atoms with Gasteiger partial charge in [-0.2, -0.15) is 0 Å². The number of carboxylic acid groups (broad SMARTS) is 1. The summed E-state index contributed by atoms with van der Waals surface area (Å²) in [5.41, 5.74) is 6.11. The van der Waals surface area contributed by atoms with Crippen molar-refractivity contribution in [2.24, 2.45) is 23.7 Å². The molecule has 1 saturated carbocycles. The van der Waals surface area contributed by atoms with Gasteiger partial charge in [0.2, 0.25) is 11.8 Å². The molecule has 13 heteroatoms. The number of nitrogens with zero attached hydrogens (tertiary/aromatic N) is 3. The van der Waals surface area contributed by atoms with E-state index in [1.807, 2.05) is 111 Å². The Morgan fingerprint density at radius 2 is 1.15 bits per heavy atom. The Balaban J connectivity index is 0.000000203. The number of aromatic nitrogens is 2. The van der Waals surface area contributed by atoms with E-state index in [1.165, 1.54) is 17.6 Å². The number of aliphatic carboxylic acids is 1. The Morgan fingerprint density at radius 3 is 1.62 bits per heavy atom. The van der Waals surface area contributed by atoms with Crippen LogP contribution in [0, 0.1) is 37.5 Å². The van der Waals surface area contributed by atoms with Gasteiger partial charge in [0.15, 0.2) is 0 Å². The van der Waals surface area contributed by atoms with Crippen molar-refractivity contribution in [2.45, 2.75) is 78.6 Å². The number of oxazole rings is 2. The summed E-state index contributed by atoms with van der Waals surface area (Å²) < 4.78 is 33.5. The summed E-state index contributed by atoms with van der Waals surface area (Å²) >= 11 is 0. The van der Waals surface area contributed by atoms with Gasteiger partial charge >= 0.3 is 18.0 Å². The summed E-state index contributed by atoms with van der Waals surface area (Å²) in [6.07, 6.45) is 7.50. The lowest BCUT2D eigenvalue weighted by Crippen LogP contribution is -2.30. The van der Waals surface area contributed by atoms with Gasteiger partial charge in [-0.3, -0.25) is 9.59 Å². The molecule has 2 fully saturated rings. The fourth-order valence-corrected chi connectivity index (χ4v) is 9.12. The SMILES string of the molecule is CCOC(=O)N1C[C@@H](CCc2ccc(OCCc3nc(-c4ccccc4)oc3C)cc2)[C@@H](C(=O)O)C1.COC(=O)[C@H]1CCC[C@H]1CCc1ccc(OCCc2nc(-c3ccccc3)oc2C)cc1. The molecule has 3 heterocycles. The maximum absolute atomic E-state index is 12.0. The summed E-state index contributed by atoms with van der Waals surface area (Å²) in [5, 5.41) is 9.58. The average Bonchev–Trinajstić information content (AvgIpc) is 4.18. The zero-order valence-corrected chi connectivity index (χ0v) is 39.6. The molecule has 0 bridgehead atoms. The molecule has 2 aliphatic rings. The highest BCUT2D eigenvalue weighted by Crippen LogP contribution is 2.36. The van der Waals surface area contributed by atoms with Crippen molar-refractivity contribution in [1.82, 2.24) is 14.9 Å². The quantitative estimate of drug-likeness (QED) is 0.0766. The smallest absolute Gasteiger partial charge is 0.409 e. The molecule has 0 radical (unpaired) electrons. The highest BCUT2D eigenvalue weighted by molar-refractivity contribution is 5.74. The lowest BCUT2D eigenvalue weighted by atomic mass is 9.90. The van der Waals surface area contributed by atoms with Crippen LogP contribution in [0.4, 0.5) is 4.79 Å². The van der Waals surface area contributed by atoms with E-state index < -0.39 is 18.0 Å². The molecule has 13 nitrogen and oxygen atoms in total. The molecule has 1 aliphatic carbocycles. The Labute approximate surface area is 398 Å². The molecule has 2 aromatic heterocycles. The van der Waals surface area contributed by atoms with Gasteiger partial charge in [-0.15, -0.1) is 0 Å². The van der Waals surface area contributed by atoms with E-state index in [-0.39, 0.29) is 31.0 Å². The maximum atomic E-state index is 12.0. The van der Waals surface area contributed by atoms with Crippen molar-refractivity contribution in [3.8, 4) is 34.4 Å². The van der Waals surface area contributed by atoms with Crippen molar-refractivity contribution in [2.75, 3.05) is 40.0 Å². The number of carbonyl (C=O) groups excluding carboxylic acids is 2. The zero-order valence-electron chi connectivity index (χ0n) is 39.6. The van der Waals surface area contributed by atoms with Crippen LogP contribution in [0.3, 0.4) is 0 Å². The normalized spacial score (nSPS) is 17.6. The monoisotopic (exact) mass is 925 g/mol. The molecule has 4 atom stereocenters. The molecule has 358 valence electrons. The molecule has 8 rings (SSSR count). The minimum Gasteiger partial charge on any atom is -0.493 e. The Hall–Kier alpha value is -6.89. The van der Waals surface area contributed by atoms with Gasteiger partial charge in [0, 0.05) is 37.1 Å². The van der Waals surface area contributed by atoms with E-state index in [1.54, 1.807) is 6.92 Å². The molecule has 1 N–H and O–H groups in total. The van der Waals surface area contributed by atoms with Crippen molar-refractivity contribution in [3.63, 3.8) is 0 Å². The number of carbonyl (C=O) groups is 3. The predicted molar refractivity (Wildman–Crippen MR) is 257 cm³/mol. The van der Waals surface area contributed by atoms with Crippen LogP contribution in [0.25, 0.3) is 22.9 Å². The molecule has 6 aromatic rings. The molecule has 1 aliphatic heterocycles. The summed E-state index contributed by atoms with van der Waals surface area (Å²) in [7, 11) is 1.49. The molecule has 68 heavy (non-hydrogen) atoms. The largest absolute Gasteiger partial charge is 0.493 e. The lowest BCUT2D eigenvalue weighted by molar-refractivity contribution is -0.146. The molecular weight excluding hydrogens is 863 g/mol. The van der Waals surface area contributed by atoms with Gasteiger partial charge in [0.1, 0.15) is 23.0 Å². The van der Waals surface area contributed by atoms with E-state index in [9.17, 15) is 19.5 Å². The summed E-state index contributed by atoms with van der Waals surface area (Å²) in [4.78, 5) is 46.4. The molecule has 1 amide bonds. The number of ether oxygens (including phenoxy) is 4. The Morgan fingerprint density at radius 1 is 0.647 bits per heavy atom. The van der Waals surface area contributed by atoms with Crippen molar-refractivity contribution >= 4 is 18.0 Å². The highest BCUT2D eigenvalue weighted by atomic mass is 16.6. The number of rotatable bonds is 19. The third-order valence-corrected chi connectivity index (χ3v) is 12.9. The number of benzene rings is 4. The van der Waals surface area contributed by atoms with Crippen LogP contribution in [0.15, 0.2) is 118 Å². The van der Waals surface area contributed by atoms with Crippen LogP contribution in [0.1, 0.15) is 73.1 Å². The highest BCUT2D eigenvalue weighted by Gasteiger charge is 2.40. The van der Waals surface area contributed by atoms with E-state index in [0.29, 0.717) is 56.7 Å². The van der Waals surface area contributed by atoms with Gasteiger partial charge in [-0.25, -0.2) is 14.8 Å². The second-order valence-electron chi connectivity index (χ2n) is 17.5. The van der Waals surface area contributed by atoms with Crippen molar-refractivity contribution in [1.29, 1.82) is 0 Å². The standard InChI is InChI=1S/C28H32N2O6.C27H31NO4/c1-3-34-28(33)30-17-22(24(18-30)27(31)32)12-9-20-10-13-23(14-11-20)35-16-15-25-19(2)36-26(29-25)21-7-5-4-6-8-21;1-19-25(28-26(32-19)22-7-4-3-5-8-22)17-18-31-23-15-12-20(13-16-23)11-14-21-9-6-10-24(21)27(29)30-2/h4-8,10-11,13-14,22,24H,3,9,12,15-18H2,1-2H3,(H,31,32);3-5,7-8,12-13,15-16,21,24H,6,9-11,14,17-18H2,1-2H3/t22-,24+;21-,24-/m10/s1. The van der Waals surface area contributed by atoms with Gasteiger partial charge in [0.05, 0.1) is 50.2 Å². The first kappa shape index (κ1) is 49.0. The van der Waals surface area contributed by atoms with E-state index in [0.717, 1.165) is 89.6 Å². The second-order valence-corrected chi connectivity index (χ2v) is 17.5. The van der Waals surface area contributed by atoms with Crippen LogP contribution in [0.5, 0.6) is 11.5 Å². The van der Waals surface area contributed by atoms with E-state index in [4.69, 9.17) is 27.8 Å². The summed E-state index contributed by atoms with van der Waals surface area (Å²) in [5.74, 6) is 3.43.